The standard InChI is InChI=1S/C26H23N5O/c1-17-14-21(18(2)31(17)24-10-6-7-13-27-24)26(32)30-25(19-8-4-3-5-9-19)20-11-12-22-23(15-20)29-16-28-22/h3-16,25H,1-2H3,(H,28,29)(H,30,32). The van der Waals surface area contributed by atoms with Crippen LogP contribution in [-0.4, -0.2) is 25.4 Å². The molecule has 2 N–H and O–H groups in total. The van der Waals surface area contributed by atoms with Crippen molar-refractivity contribution in [2.45, 2.75) is 19.9 Å². The second-order valence-electron chi connectivity index (χ2n) is 7.80. The van der Waals surface area contributed by atoms with E-state index in [-0.39, 0.29) is 11.9 Å². The average Bonchev–Trinajstić information content (AvgIpc) is 3.41. The van der Waals surface area contributed by atoms with Crippen LogP contribution in [0.5, 0.6) is 0 Å². The topological polar surface area (TPSA) is 75.6 Å². The zero-order chi connectivity index (χ0) is 22.1. The minimum atomic E-state index is -0.297. The first-order chi connectivity index (χ1) is 15.6. The van der Waals surface area contributed by atoms with Crippen molar-refractivity contribution in [2.24, 2.45) is 0 Å². The summed E-state index contributed by atoms with van der Waals surface area (Å²) in [5, 5.41) is 3.25. The molecule has 0 bridgehead atoms. The molecule has 0 saturated heterocycles. The van der Waals surface area contributed by atoms with E-state index in [9.17, 15) is 4.79 Å². The Bertz CT molecular complexity index is 1390. The van der Waals surface area contributed by atoms with Crippen molar-refractivity contribution in [1.29, 1.82) is 0 Å². The molecule has 0 aliphatic carbocycles. The van der Waals surface area contributed by atoms with Crippen LogP contribution >= 0.6 is 0 Å². The van der Waals surface area contributed by atoms with E-state index in [4.69, 9.17) is 0 Å². The van der Waals surface area contributed by atoms with Crippen molar-refractivity contribution < 1.29 is 4.79 Å². The number of benzene rings is 2. The van der Waals surface area contributed by atoms with Crippen LogP contribution in [0.25, 0.3) is 16.9 Å². The molecule has 32 heavy (non-hydrogen) atoms. The average molecular weight is 422 g/mol. The Morgan fingerprint density at radius 1 is 0.938 bits per heavy atom. The molecule has 158 valence electrons. The summed E-state index contributed by atoms with van der Waals surface area (Å²) in [5.41, 5.74) is 6.28. The number of amides is 1. The largest absolute Gasteiger partial charge is 0.345 e. The second-order valence-corrected chi connectivity index (χ2v) is 7.80. The number of rotatable bonds is 5. The Kier molecular flexibility index (Phi) is 5.03. The molecule has 3 aromatic heterocycles. The van der Waals surface area contributed by atoms with E-state index in [2.05, 4.69) is 20.3 Å². The first kappa shape index (κ1) is 19.8. The summed E-state index contributed by atoms with van der Waals surface area (Å²) in [6.07, 6.45) is 3.43. The van der Waals surface area contributed by atoms with Crippen molar-refractivity contribution in [3.63, 3.8) is 0 Å². The van der Waals surface area contributed by atoms with Gasteiger partial charge in [0.1, 0.15) is 5.82 Å². The van der Waals surface area contributed by atoms with Gasteiger partial charge in [0.2, 0.25) is 0 Å². The van der Waals surface area contributed by atoms with Crippen molar-refractivity contribution in [1.82, 2.24) is 24.8 Å². The van der Waals surface area contributed by atoms with Gasteiger partial charge in [-0.25, -0.2) is 9.97 Å². The number of pyridine rings is 1. The molecule has 6 nitrogen and oxygen atoms in total. The summed E-state index contributed by atoms with van der Waals surface area (Å²) in [7, 11) is 0. The number of aryl methyl sites for hydroxylation is 1. The van der Waals surface area contributed by atoms with Crippen molar-refractivity contribution in [3.05, 3.63) is 113 Å². The fourth-order valence-electron chi connectivity index (χ4n) is 4.18. The molecule has 1 unspecified atom stereocenters. The Morgan fingerprint density at radius 2 is 1.75 bits per heavy atom. The van der Waals surface area contributed by atoms with Crippen molar-refractivity contribution >= 4 is 16.9 Å². The lowest BCUT2D eigenvalue weighted by atomic mass is 9.97. The van der Waals surface area contributed by atoms with Crippen LogP contribution < -0.4 is 5.32 Å². The highest BCUT2D eigenvalue weighted by Gasteiger charge is 2.22. The van der Waals surface area contributed by atoms with E-state index in [1.54, 1.807) is 12.5 Å². The second kappa shape index (κ2) is 8.15. The van der Waals surface area contributed by atoms with E-state index in [1.807, 2.05) is 91.2 Å². The monoisotopic (exact) mass is 421 g/mol. The predicted octanol–water partition coefficient (Wildman–Crippen LogP) is 4.88. The van der Waals surface area contributed by atoms with Gasteiger partial charge in [-0.1, -0.05) is 42.5 Å². The van der Waals surface area contributed by atoms with Crippen LogP contribution in [-0.2, 0) is 0 Å². The number of carbonyl (C=O) groups is 1. The third kappa shape index (κ3) is 3.56. The Morgan fingerprint density at radius 3 is 2.53 bits per heavy atom. The van der Waals surface area contributed by atoms with Crippen LogP contribution in [0.4, 0.5) is 0 Å². The molecule has 3 heterocycles. The molecule has 0 radical (unpaired) electrons. The van der Waals surface area contributed by atoms with E-state index in [0.29, 0.717) is 5.56 Å². The number of nitrogens with zero attached hydrogens (tertiary/aromatic N) is 3. The van der Waals surface area contributed by atoms with Crippen LogP contribution in [0.3, 0.4) is 0 Å². The molecule has 0 saturated carbocycles. The van der Waals surface area contributed by atoms with Gasteiger partial charge >= 0.3 is 0 Å². The summed E-state index contributed by atoms with van der Waals surface area (Å²) in [6.45, 7) is 3.93. The molecule has 6 heteroatoms. The van der Waals surface area contributed by atoms with E-state index >= 15 is 0 Å². The number of nitrogens with one attached hydrogen (secondary N) is 2. The molecule has 2 aromatic carbocycles. The maximum absolute atomic E-state index is 13.5. The van der Waals surface area contributed by atoms with Crippen LogP contribution in [0.15, 0.2) is 85.3 Å². The molecule has 0 aliphatic rings. The number of H-pyrrole nitrogens is 1. The van der Waals surface area contributed by atoms with Gasteiger partial charge in [0.25, 0.3) is 5.91 Å². The summed E-state index contributed by atoms with van der Waals surface area (Å²) < 4.78 is 2.00. The lowest BCUT2D eigenvalue weighted by molar-refractivity contribution is 0.0942. The fraction of sp³-hybridized carbons (Fsp3) is 0.115. The van der Waals surface area contributed by atoms with Gasteiger partial charge in [0.15, 0.2) is 0 Å². The van der Waals surface area contributed by atoms with Gasteiger partial charge in [-0.15, -0.1) is 0 Å². The van der Waals surface area contributed by atoms with Gasteiger partial charge in [0, 0.05) is 17.6 Å². The molecular formula is C26H23N5O. The lowest BCUT2D eigenvalue weighted by Crippen LogP contribution is -2.29. The quantitative estimate of drug-likeness (QED) is 0.424. The van der Waals surface area contributed by atoms with Gasteiger partial charge in [-0.2, -0.15) is 0 Å². The van der Waals surface area contributed by atoms with Gasteiger partial charge in [0.05, 0.1) is 29.0 Å². The highest BCUT2D eigenvalue weighted by Crippen LogP contribution is 2.26. The number of imidazole rings is 1. The SMILES string of the molecule is Cc1cc(C(=O)NC(c2ccccc2)c2ccc3nc[nH]c3c2)c(C)n1-c1ccccn1. The highest BCUT2D eigenvalue weighted by atomic mass is 16.1. The molecule has 1 amide bonds. The third-order valence-electron chi connectivity index (χ3n) is 5.74. The number of hydrogen-bond acceptors (Lipinski definition) is 3. The van der Waals surface area contributed by atoms with E-state index in [1.165, 1.54) is 0 Å². The first-order valence-corrected chi connectivity index (χ1v) is 10.5. The van der Waals surface area contributed by atoms with Gasteiger partial charge < -0.3 is 14.9 Å². The van der Waals surface area contributed by atoms with Crippen LogP contribution in [0.1, 0.15) is 38.9 Å². The normalized spacial score (nSPS) is 12.1. The number of carbonyl (C=O) groups excluding carboxylic acids is 1. The molecule has 1 atom stereocenters. The van der Waals surface area contributed by atoms with Gasteiger partial charge in [-0.3, -0.25) is 4.79 Å². The fourth-order valence-corrected chi connectivity index (χ4v) is 4.18. The molecule has 5 rings (SSSR count). The summed E-state index contributed by atoms with van der Waals surface area (Å²) in [4.78, 5) is 25.4. The van der Waals surface area contributed by atoms with E-state index < -0.39 is 0 Å². The smallest absolute Gasteiger partial charge is 0.253 e. The molecular weight excluding hydrogens is 398 g/mol. The molecule has 0 fully saturated rings. The number of hydrogen-bond donors (Lipinski definition) is 2. The van der Waals surface area contributed by atoms with E-state index in [0.717, 1.165) is 39.4 Å². The van der Waals surface area contributed by atoms with Crippen molar-refractivity contribution in [2.75, 3.05) is 0 Å². The highest BCUT2D eigenvalue weighted by molar-refractivity contribution is 5.96. The molecule has 0 aliphatic heterocycles. The first-order valence-electron chi connectivity index (χ1n) is 10.5. The minimum absolute atomic E-state index is 0.126. The molecule has 5 aromatic rings. The molecule has 0 spiro atoms. The summed E-state index contributed by atoms with van der Waals surface area (Å²) >= 11 is 0. The Balaban J connectivity index is 1.52. The maximum Gasteiger partial charge on any atom is 0.253 e. The number of aromatic nitrogens is 4. The zero-order valence-electron chi connectivity index (χ0n) is 17.9. The van der Waals surface area contributed by atoms with Crippen molar-refractivity contribution in [3.8, 4) is 5.82 Å². The number of aromatic amines is 1. The summed E-state index contributed by atoms with van der Waals surface area (Å²) in [5.74, 6) is 0.671. The van der Waals surface area contributed by atoms with Crippen LogP contribution in [0, 0.1) is 13.8 Å². The Labute approximate surface area is 186 Å². The van der Waals surface area contributed by atoms with Crippen LogP contribution in [0.2, 0.25) is 0 Å². The third-order valence-corrected chi connectivity index (χ3v) is 5.74. The maximum atomic E-state index is 13.5. The Hall–Kier alpha value is -4.19. The number of fused-ring (bicyclic) bond motifs is 1. The zero-order valence-corrected chi connectivity index (χ0v) is 17.9. The predicted molar refractivity (Wildman–Crippen MR) is 125 cm³/mol. The lowest BCUT2D eigenvalue weighted by Gasteiger charge is -2.20. The van der Waals surface area contributed by atoms with Gasteiger partial charge in [-0.05, 0) is 55.3 Å². The summed E-state index contributed by atoms with van der Waals surface area (Å²) in [6, 6.07) is 23.4. The minimum Gasteiger partial charge on any atom is -0.345 e.